The molecule has 0 N–H and O–H groups in total. The van der Waals surface area contributed by atoms with Crippen molar-refractivity contribution in [3.63, 3.8) is 0 Å². The van der Waals surface area contributed by atoms with E-state index in [9.17, 15) is 18.3 Å². The van der Waals surface area contributed by atoms with Crippen LogP contribution >= 0.6 is 0 Å². The quantitative estimate of drug-likeness (QED) is 0.599. The Labute approximate surface area is 150 Å². The van der Waals surface area contributed by atoms with Crippen molar-refractivity contribution < 1.29 is 27.0 Å². The standard InChI is InChI=1S/C18H27NO5S/c1-14-7-9-16(10-8-14)25(22,23)24-13-15-6-5-11-19(12-15,17(20)21)18(2,3)4/h7-10,15H,5-6,11-13H2,1-4H3/t15-,19?/m1/s1. The van der Waals surface area contributed by atoms with Crippen LogP contribution in [0.2, 0.25) is 0 Å². The van der Waals surface area contributed by atoms with Gasteiger partial charge in [0, 0.05) is 5.92 Å². The van der Waals surface area contributed by atoms with E-state index >= 15 is 0 Å². The minimum Gasteiger partial charge on any atom is -0.498 e. The molecule has 1 saturated heterocycles. The molecule has 0 bridgehead atoms. The predicted octanol–water partition coefficient (Wildman–Crippen LogP) is 2.07. The summed E-state index contributed by atoms with van der Waals surface area (Å²) in [4.78, 5) is 11.9. The maximum absolute atomic E-state index is 12.3. The third-order valence-corrected chi connectivity index (χ3v) is 6.42. The Kier molecular flexibility index (Phi) is 5.61. The third kappa shape index (κ3) is 4.22. The molecule has 1 aliphatic rings. The Hall–Kier alpha value is -1.44. The smallest absolute Gasteiger partial charge is 0.296 e. The summed E-state index contributed by atoms with van der Waals surface area (Å²) in [6.07, 6.45) is 0.329. The molecule has 0 saturated carbocycles. The molecular weight excluding hydrogens is 342 g/mol. The first-order valence-corrected chi connectivity index (χ1v) is 9.94. The second kappa shape index (κ2) is 7.05. The van der Waals surface area contributed by atoms with Crippen LogP contribution in [0.25, 0.3) is 0 Å². The van der Waals surface area contributed by atoms with E-state index in [1.54, 1.807) is 12.1 Å². The lowest BCUT2D eigenvalue weighted by molar-refractivity contribution is -0.927. The Balaban J connectivity index is 2.10. The lowest BCUT2D eigenvalue weighted by atomic mass is 9.90. The average molecular weight is 369 g/mol. The van der Waals surface area contributed by atoms with Gasteiger partial charge in [-0.3, -0.25) is 8.67 Å². The van der Waals surface area contributed by atoms with Crippen LogP contribution in [-0.2, 0) is 14.3 Å². The number of hydrogen-bond acceptors (Lipinski definition) is 5. The van der Waals surface area contributed by atoms with Crippen LogP contribution in [0.3, 0.4) is 0 Å². The zero-order valence-electron chi connectivity index (χ0n) is 15.3. The molecule has 2 rings (SSSR count). The van der Waals surface area contributed by atoms with Crippen LogP contribution in [0.1, 0.15) is 39.2 Å². The van der Waals surface area contributed by atoms with E-state index in [0.29, 0.717) is 19.5 Å². The average Bonchev–Trinajstić information content (AvgIpc) is 2.52. The van der Waals surface area contributed by atoms with Gasteiger partial charge in [0.05, 0.1) is 30.1 Å². The van der Waals surface area contributed by atoms with E-state index < -0.39 is 21.8 Å². The highest BCUT2D eigenvalue weighted by molar-refractivity contribution is 7.86. The molecule has 0 aliphatic carbocycles. The zero-order chi connectivity index (χ0) is 18.9. The topological polar surface area (TPSA) is 83.5 Å². The number of piperidine rings is 1. The lowest BCUT2D eigenvalue weighted by Crippen LogP contribution is -2.70. The van der Waals surface area contributed by atoms with Gasteiger partial charge >= 0.3 is 0 Å². The molecule has 1 unspecified atom stereocenters. The Morgan fingerprint density at radius 3 is 2.40 bits per heavy atom. The summed E-state index contributed by atoms with van der Waals surface area (Å²) in [5, 5.41) is 11.8. The fourth-order valence-electron chi connectivity index (χ4n) is 3.42. The molecule has 1 aromatic carbocycles. The highest BCUT2D eigenvalue weighted by Crippen LogP contribution is 2.33. The summed E-state index contributed by atoms with van der Waals surface area (Å²) >= 11 is 0. The van der Waals surface area contributed by atoms with Gasteiger partial charge in [-0.05, 0) is 52.7 Å². The van der Waals surface area contributed by atoms with Gasteiger partial charge < -0.3 is 9.90 Å². The minimum atomic E-state index is -3.84. The number of carboxylic acid groups (broad SMARTS) is 1. The number of amides is 1. The predicted molar refractivity (Wildman–Crippen MR) is 92.2 cm³/mol. The van der Waals surface area contributed by atoms with Crippen LogP contribution in [0.4, 0.5) is 4.79 Å². The molecule has 25 heavy (non-hydrogen) atoms. The van der Waals surface area contributed by atoms with Crippen molar-refractivity contribution in [2.45, 2.75) is 51.0 Å². The molecule has 1 amide bonds. The summed E-state index contributed by atoms with van der Waals surface area (Å²) in [6, 6.07) is 6.47. The van der Waals surface area contributed by atoms with Gasteiger partial charge in [0.25, 0.3) is 16.2 Å². The molecular formula is C18H27NO5S. The van der Waals surface area contributed by atoms with E-state index in [-0.39, 0.29) is 21.9 Å². The summed E-state index contributed by atoms with van der Waals surface area (Å²) in [6.45, 7) is 8.28. The summed E-state index contributed by atoms with van der Waals surface area (Å²) < 4.78 is 29.7. The summed E-state index contributed by atoms with van der Waals surface area (Å²) in [5.74, 6) is -0.147. The maximum atomic E-state index is 12.3. The van der Waals surface area contributed by atoms with Crippen molar-refractivity contribution in [3.05, 3.63) is 29.8 Å². The van der Waals surface area contributed by atoms with Crippen LogP contribution in [0.15, 0.2) is 29.2 Å². The van der Waals surface area contributed by atoms with E-state index in [0.717, 1.165) is 12.0 Å². The molecule has 1 fully saturated rings. The van der Waals surface area contributed by atoms with Crippen molar-refractivity contribution in [2.75, 3.05) is 19.7 Å². The van der Waals surface area contributed by atoms with Gasteiger partial charge in [0.1, 0.15) is 0 Å². The van der Waals surface area contributed by atoms with Crippen molar-refractivity contribution in [2.24, 2.45) is 5.92 Å². The largest absolute Gasteiger partial charge is 0.498 e. The van der Waals surface area contributed by atoms with Crippen LogP contribution in [0.5, 0.6) is 0 Å². The normalized spacial score (nSPS) is 24.9. The van der Waals surface area contributed by atoms with Crippen LogP contribution < -0.4 is 5.11 Å². The highest BCUT2D eigenvalue weighted by Gasteiger charge is 2.46. The van der Waals surface area contributed by atoms with Crippen LogP contribution in [0, 0.1) is 12.8 Å². The number of aryl methyl sites for hydroxylation is 1. The first kappa shape index (κ1) is 19.9. The molecule has 6 nitrogen and oxygen atoms in total. The Bertz CT molecular complexity index is 721. The number of hydrogen-bond donors (Lipinski definition) is 0. The molecule has 140 valence electrons. The van der Waals surface area contributed by atoms with E-state index in [2.05, 4.69) is 0 Å². The van der Waals surface area contributed by atoms with Gasteiger partial charge in [-0.1, -0.05) is 17.7 Å². The van der Waals surface area contributed by atoms with Crippen molar-refractivity contribution in [1.29, 1.82) is 0 Å². The number of benzene rings is 1. The fraction of sp³-hybridized carbons (Fsp3) is 0.611. The molecule has 2 atom stereocenters. The van der Waals surface area contributed by atoms with Gasteiger partial charge in [-0.15, -0.1) is 0 Å². The zero-order valence-corrected chi connectivity index (χ0v) is 16.1. The third-order valence-electron chi connectivity index (χ3n) is 5.12. The maximum Gasteiger partial charge on any atom is 0.296 e. The fourth-order valence-corrected chi connectivity index (χ4v) is 4.39. The molecule has 0 radical (unpaired) electrons. The van der Waals surface area contributed by atoms with Gasteiger partial charge in [0.2, 0.25) is 0 Å². The lowest BCUT2D eigenvalue weighted by Gasteiger charge is -2.51. The minimum absolute atomic E-state index is 0.0143. The molecule has 0 spiro atoms. The Morgan fingerprint density at radius 2 is 1.88 bits per heavy atom. The molecule has 0 aromatic heterocycles. The van der Waals surface area contributed by atoms with Crippen molar-refractivity contribution in [1.82, 2.24) is 0 Å². The van der Waals surface area contributed by atoms with Crippen molar-refractivity contribution in [3.8, 4) is 0 Å². The highest BCUT2D eigenvalue weighted by atomic mass is 32.2. The first-order chi connectivity index (χ1) is 11.5. The molecule has 7 heteroatoms. The van der Waals surface area contributed by atoms with Crippen molar-refractivity contribution >= 4 is 16.2 Å². The van der Waals surface area contributed by atoms with E-state index in [1.807, 2.05) is 27.7 Å². The molecule has 1 heterocycles. The number of nitrogens with zero attached hydrogens (tertiary/aromatic N) is 1. The first-order valence-electron chi connectivity index (χ1n) is 8.53. The SMILES string of the molecule is Cc1ccc(S(=O)(=O)OC[C@@H]2CCC[N+](C(=O)[O-])(C(C)(C)C)C2)cc1. The second-order valence-corrected chi connectivity index (χ2v) is 9.49. The van der Waals surface area contributed by atoms with Gasteiger partial charge in [0.15, 0.2) is 0 Å². The van der Waals surface area contributed by atoms with Gasteiger partial charge in [-0.25, -0.2) is 0 Å². The number of rotatable bonds is 4. The second-order valence-electron chi connectivity index (χ2n) is 7.87. The number of carbonyl (C=O) groups is 1. The Morgan fingerprint density at radius 1 is 1.28 bits per heavy atom. The van der Waals surface area contributed by atoms with E-state index in [4.69, 9.17) is 4.18 Å². The summed E-state index contributed by atoms with van der Waals surface area (Å²) in [5.41, 5.74) is 0.445. The van der Waals surface area contributed by atoms with E-state index in [1.165, 1.54) is 12.1 Å². The molecule has 1 aliphatic heterocycles. The molecule has 1 aromatic rings. The number of likely N-dealkylation sites (tertiary alicyclic amines) is 1. The number of carbonyl (C=O) groups excluding carboxylic acids is 1. The number of quaternary nitrogens is 1. The monoisotopic (exact) mass is 369 g/mol. The summed E-state index contributed by atoms with van der Waals surface area (Å²) in [7, 11) is -3.84. The van der Waals surface area contributed by atoms with Crippen LogP contribution in [-0.4, -0.2) is 44.2 Å². The van der Waals surface area contributed by atoms with Gasteiger partial charge in [-0.2, -0.15) is 8.42 Å².